The van der Waals surface area contributed by atoms with Crippen molar-refractivity contribution in [2.45, 2.75) is 223 Å². The number of carbonyl (C=O) groups is 6. The second-order valence-electron chi connectivity index (χ2n) is 34.0. The molecule has 4 aromatic rings. The number of halogens is 3. The predicted molar refractivity (Wildman–Crippen MR) is 418 cm³/mol. The van der Waals surface area contributed by atoms with Crippen molar-refractivity contribution in [2.75, 3.05) is 32.1 Å². The van der Waals surface area contributed by atoms with Crippen LogP contribution in [0.1, 0.15) is 181 Å². The number of nitrogens with two attached hydrogens (primary N) is 3. The lowest BCUT2D eigenvalue weighted by molar-refractivity contribution is -0.223. The van der Waals surface area contributed by atoms with Crippen LogP contribution in [0.4, 0.5) is 19.1 Å². The normalized spacial score (nSPS) is 35.5. The van der Waals surface area contributed by atoms with Crippen molar-refractivity contribution >= 4 is 73.4 Å². The van der Waals surface area contributed by atoms with E-state index in [0.717, 1.165) is 29.3 Å². The number of aliphatic carboxylic acids is 2. The van der Waals surface area contributed by atoms with Gasteiger partial charge >= 0.3 is 11.9 Å². The van der Waals surface area contributed by atoms with Crippen LogP contribution in [0.2, 0.25) is 0 Å². The number of carboxylic acid groups (broad SMARTS) is 2. The molecule has 19 atom stereocenters. The lowest BCUT2D eigenvalue weighted by Gasteiger charge is -2.63. The SMILES string of the molecule is CC(C)S(=O)(=O)n1c(N)nc2ccc(/C(=N/O)c3ccccc3)cc21.CC(N)(CCCN)C(=O)O.CC1CC2C3CC(F)C4=CC(=O)C=C[C@]4(C)C3(F)[C@@H](O)C[C@]2(C)C1(O)C(=O)CO.CC1CC2C3CCC4=CC(=O)C=C[C@]4(C)C3(F)[C@@H](O)C[C@]2(C)C1(O)C(=O)CO.CCc1cccc2c1CC1=C2CCOC1(CC)CC(=O)O. The number of nitrogen functional groups attached to an aromatic ring is 1. The molecular weight excluding hydrogens is 1480 g/mol. The number of imidazole rings is 1. The van der Waals surface area contributed by atoms with Crippen LogP contribution in [0, 0.1) is 57.2 Å². The lowest BCUT2D eigenvalue weighted by Crippen LogP contribution is -2.70. The van der Waals surface area contributed by atoms with Crippen LogP contribution in [0.3, 0.4) is 0 Å². The first-order valence-corrected chi connectivity index (χ1v) is 40.5. The molecule has 616 valence electrons. The van der Waals surface area contributed by atoms with Gasteiger partial charge in [-0.1, -0.05) is 119 Å². The fourth-order valence-electron chi connectivity index (χ4n) is 21.6. The predicted octanol–water partition coefficient (Wildman–Crippen LogP) is 9.30. The Morgan fingerprint density at radius 2 is 1.35 bits per heavy atom. The minimum absolute atomic E-state index is 0.0409. The summed E-state index contributed by atoms with van der Waals surface area (Å²) in [7, 11) is -3.68. The van der Waals surface area contributed by atoms with Crippen LogP contribution in [0.5, 0.6) is 0 Å². The third kappa shape index (κ3) is 14.0. The molecule has 9 aliphatic carbocycles. The monoisotopic (exact) mass is 1590 g/mol. The zero-order chi connectivity index (χ0) is 83.7. The maximum Gasteiger partial charge on any atom is 0.323 e. The average molecular weight is 1590 g/mol. The van der Waals surface area contributed by atoms with Crippen molar-refractivity contribution in [1.82, 2.24) is 8.96 Å². The summed E-state index contributed by atoms with van der Waals surface area (Å²) in [5, 5.41) is 93.8. The standard InChI is InChI=1S/C22H28F2O5.C22H29FO5.C18H22O3.C17H18N4O3S.C6H14N2O2/c1-11-6-13-14-8-16(23)15-7-12(26)4-5-19(15,2)21(14,24)17(27)9-20(13,3)22(11,29)18(28)10-25;1-12-8-16-15-5-4-13-9-14(25)6-7-19(13,2)21(15,23)17(26)10-20(16,3)22(12,28)18(27)11-24;1-3-12-6-5-7-13-14-8-9-21-18(4-2,11-17(19)20)16(14)10-15(12)13;1-11(2)25(23,24)21-15-10-13(8-9-14(15)19-17(21)18)16(20-22)12-6-4-3-5-7-12;1-6(8,5(9)10)3-2-4-7/h4-5,7,11,13-14,16-17,25,27,29H,6,8-10H2,1-3H3;6-7,9,12,15-17,24,26,28H,4-5,8,10-11H2,1-3H3;5-7H,3-4,8-11H2,1-2H3,(H,19,20);3-11,22H,1-2H3,(H2,18,19);2-4,7-8H2,1H3,(H,9,10)/b;;;20-16+;/t11?,13?,14?,16?,17-,19-,20-,21?,22?;12?,15?,16?,17-,19-,20-,21?,22?;;;/m00.../s1. The molecule has 0 radical (unpaired) electrons. The van der Waals surface area contributed by atoms with Crippen LogP contribution in [0.25, 0.3) is 16.6 Å². The number of anilines is 1. The van der Waals surface area contributed by atoms with Crippen molar-refractivity contribution in [3.8, 4) is 0 Å². The molecule has 0 bridgehead atoms. The molecule has 0 spiro atoms. The third-order valence-electron chi connectivity index (χ3n) is 27.9. The van der Waals surface area contributed by atoms with Gasteiger partial charge in [-0.3, -0.25) is 28.8 Å². The minimum Gasteiger partial charge on any atom is -0.481 e. The Hall–Kier alpha value is -7.90. The molecule has 15 N–H and O–H groups in total. The Bertz CT molecular complexity index is 4710. The van der Waals surface area contributed by atoms with Gasteiger partial charge < -0.3 is 68.0 Å². The summed E-state index contributed by atoms with van der Waals surface area (Å²) in [6, 6.07) is 20.6. The number of aryl methyl sites for hydroxylation is 1. The molecule has 13 unspecified atom stereocenters. The molecule has 10 aliphatic rings. The topological polar surface area (TPSA) is 436 Å². The number of fused-ring (bicyclic) bond motifs is 13. The van der Waals surface area contributed by atoms with Crippen molar-refractivity contribution in [1.29, 1.82) is 0 Å². The first-order chi connectivity index (χ1) is 52.8. The largest absolute Gasteiger partial charge is 0.481 e. The van der Waals surface area contributed by atoms with Crippen LogP contribution in [-0.4, -0.2) is 188 Å². The Kier molecular flexibility index (Phi) is 24.7. The van der Waals surface area contributed by atoms with Crippen molar-refractivity contribution in [3.05, 3.63) is 148 Å². The van der Waals surface area contributed by atoms with Crippen molar-refractivity contribution in [3.63, 3.8) is 0 Å². The molecule has 28 heteroatoms. The molecule has 24 nitrogen and oxygen atoms in total. The van der Waals surface area contributed by atoms with Crippen molar-refractivity contribution < 1.29 is 101 Å². The lowest BCUT2D eigenvalue weighted by atomic mass is 9.44. The number of nitrogens with zero attached hydrogens (tertiary/aromatic N) is 3. The van der Waals surface area contributed by atoms with Gasteiger partial charge in [0.15, 0.2) is 34.5 Å². The maximum absolute atomic E-state index is 16.9. The fourth-order valence-corrected chi connectivity index (χ4v) is 22.7. The number of oxime groups is 1. The highest BCUT2D eigenvalue weighted by Gasteiger charge is 2.78. The third-order valence-corrected chi connectivity index (χ3v) is 29.9. The Balaban J connectivity index is 0.000000154. The summed E-state index contributed by atoms with van der Waals surface area (Å²) in [6.45, 7) is 18.4. The van der Waals surface area contributed by atoms with Gasteiger partial charge in [0.2, 0.25) is 16.0 Å². The van der Waals surface area contributed by atoms with Gasteiger partial charge in [0.25, 0.3) is 0 Å². The second kappa shape index (κ2) is 32.0. The summed E-state index contributed by atoms with van der Waals surface area (Å²) in [6.07, 6.45) is 9.50. The number of aliphatic hydroxyl groups excluding tert-OH is 4. The zero-order valence-corrected chi connectivity index (χ0v) is 66.9. The quantitative estimate of drug-likeness (QED) is 0.0282. The Morgan fingerprint density at radius 3 is 1.88 bits per heavy atom. The summed E-state index contributed by atoms with van der Waals surface area (Å²) in [4.78, 5) is 74.5. The average Bonchev–Trinajstić information content (AvgIpc) is 1.64. The molecule has 6 saturated carbocycles. The highest BCUT2D eigenvalue weighted by molar-refractivity contribution is 7.90. The molecule has 2 heterocycles. The van der Waals surface area contributed by atoms with Crippen LogP contribution in [0.15, 0.2) is 125 Å². The Labute approximate surface area is 657 Å². The summed E-state index contributed by atoms with van der Waals surface area (Å²) in [5.41, 5.74) is 11.8. The number of Topliss-reactive ketones (excluding diaryl/α,β-unsaturated/α-hetero) is 2. The summed E-state index contributed by atoms with van der Waals surface area (Å²) >= 11 is 0. The van der Waals surface area contributed by atoms with Gasteiger partial charge in [0, 0.05) is 44.6 Å². The van der Waals surface area contributed by atoms with Gasteiger partial charge in [0.1, 0.15) is 47.4 Å². The van der Waals surface area contributed by atoms with E-state index in [1.807, 2.05) is 25.1 Å². The minimum atomic E-state index is -3.68. The summed E-state index contributed by atoms with van der Waals surface area (Å²) < 4.78 is 81.2. The Morgan fingerprint density at radius 1 is 0.779 bits per heavy atom. The molecule has 113 heavy (non-hydrogen) atoms. The zero-order valence-electron chi connectivity index (χ0n) is 66.1. The number of aliphatic hydroxyl groups is 6. The molecule has 0 saturated heterocycles. The molecule has 1 aromatic heterocycles. The fraction of sp³-hybridized carbons (Fsp3) is 0.576. The van der Waals surface area contributed by atoms with E-state index in [0.29, 0.717) is 85.1 Å². The highest BCUT2D eigenvalue weighted by atomic mass is 32.2. The maximum atomic E-state index is 16.9. The molecule has 6 fully saturated rings. The van der Waals surface area contributed by atoms with E-state index in [-0.39, 0.29) is 55.3 Å². The number of alkyl halides is 3. The van der Waals surface area contributed by atoms with E-state index >= 15 is 13.2 Å². The van der Waals surface area contributed by atoms with Gasteiger partial charge in [-0.15, -0.1) is 0 Å². The molecular formula is C85H111F3N6O18S. The van der Waals surface area contributed by atoms with Crippen LogP contribution >= 0.6 is 0 Å². The van der Waals surface area contributed by atoms with Gasteiger partial charge in [-0.05, 0) is 218 Å². The molecule has 14 rings (SSSR count). The highest BCUT2D eigenvalue weighted by Crippen LogP contribution is 2.73. The van der Waals surface area contributed by atoms with E-state index in [1.54, 1.807) is 84.9 Å². The number of allylic oxidation sites excluding steroid dienone is 8. The number of ketones is 4. The van der Waals surface area contributed by atoms with Gasteiger partial charge in [-0.2, -0.15) is 0 Å². The number of aromatic nitrogens is 2. The number of benzene rings is 3. The van der Waals surface area contributed by atoms with E-state index in [4.69, 9.17) is 27.0 Å². The number of hydrogen-bond donors (Lipinski definition) is 12. The van der Waals surface area contributed by atoms with Gasteiger partial charge in [-0.25, -0.2) is 30.5 Å². The number of carbonyl (C=O) groups excluding carboxylic acids is 4. The van der Waals surface area contributed by atoms with Crippen molar-refractivity contribution in [2.24, 2.45) is 73.8 Å². The number of hydrogen-bond acceptors (Lipinski definition) is 21. The van der Waals surface area contributed by atoms with Crippen LogP contribution < -0.4 is 17.2 Å². The van der Waals surface area contributed by atoms with Gasteiger partial charge in [0.05, 0.1) is 41.5 Å². The molecule has 3 aromatic carbocycles. The second-order valence-corrected chi connectivity index (χ2v) is 36.3. The van der Waals surface area contributed by atoms with E-state index < -0.39 is 161 Å². The van der Waals surface area contributed by atoms with E-state index in [9.17, 15) is 78.1 Å². The van der Waals surface area contributed by atoms with E-state index in [2.05, 4.69) is 35.3 Å². The molecule has 1 aliphatic heterocycles. The first kappa shape index (κ1) is 87.5. The number of carboxylic acids is 2. The number of rotatable bonds is 16. The van der Waals surface area contributed by atoms with E-state index in [1.165, 1.54) is 66.0 Å². The van der Waals surface area contributed by atoms with Crippen LogP contribution in [-0.2, 0) is 56.4 Å². The smallest absolute Gasteiger partial charge is 0.323 e. The molecule has 0 amide bonds. The number of ether oxygens (including phenoxy) is 1. The summed E-state index contributed by atoms with van der Waals surface area (Å²) in [5.74, 6) is -7.21. The first-order valence-electron chi connectivity index (χ1n) is 39.0.